The molecule has 0 aromatic heterocycles. The molecule has 182 valence electrons. The highest BCUT2D eigenvalue weighted by molar-refractivity contribution is 6.30. The van der Waals surface area contributed by atoms with E-state index in [1.807, 2.05) is 78.6 Å². The fourth-order valence-electron chi connectivity index (χ4n) is 5.33. The van der Waals surface area contributed by atoms with E-state index in [0.717, 1.165) is 22.5 Å². The molecule has 1 heterocycles. The number of aliphatic hydroxyl groups is 1. The fourth-order valence-corrected chi connectivity index (χ4v) is 5.46. The molecule has 2 N–H and O–H groups in total. The molecule has 36 heavy (non-hydrogen) atoms. The van der Waals surface area contributed by atoms with Crippen LogP contribution in [0.2, 0.25) is 5.02 Å². The van der Waals surface area contributed by atoms with Crippen molar-refractivity contribution in [3.05, 3.63) is 117 Å². The smallest absolute Gasteiger partial charge is 0.162 e. The first-order valence-corrected chi connectivity index (χ1v) is 12.5. The van der Waals surface area contributed by atoms with E-state index >= 15 is 0 Å². The van der Waals surface area contributed by atoms with Crippen molar-refractivity contribution in [1.29, 1.82) is 5.41 Å². The molecule has 0 saturated heterocycles. The van der Waals surface area contributed by atoms with Crippen molar-refractivity contribution in [2.24, 2.45) is 5.41 Å². The first-order chi connectivity index (χ1) is 17.2. The zero-order chi connectivity index (χ0) is 25.6. The quantitative estimate of drug-likeness (QED) is 0.363. The maximum atomic E-state index is 13.9. The summed E-state index contributed by atoms with van der Waals surface area (Å²) in [6.07, 6.45) is 1.05. The summed E-state index contributed by atoms with van der Waals surface area (Å²) in [4.78, 5) is 15.7. The van der Waals surface area contributed by atoms with Gasteiger partial charge in [0.2, 0.25) is 0 Å². The summed E-state index contributed by atoms with van der Waals surface area (Å²) in [5, 5.41) is 21.7. The molecule has 0 fully saturated rings. The van der Waals surface area contributed by atoms with Gasteiger partial charge in [-0.05, 0) is 48.6 Å². The number of hydrogen-bond donors (Lipinski definition) is 2. The minimum absolute atomic E-state index is 0.00863. The molecule has 1 aliphatic heterocycles. The van der Waals surface area contributed by atoms with Gasteiger partial charge < -0.3 is 5.11 Å². The summed E-state index contributed by atoms with van der Waals surface area (Å²) in [6.45, 7) is 6.20. The lowest BCUT2D eigenvalue weighted by Gasteiger charge is -2.45. The minimum Gasteiger partial charge on any atom is -0.507 e. The Morgan fingerprint density at radius 1 is 0.972 bits per heavy atom. The van der Waals surface area contributed by atoms with Gasteiger partial charge in [0.05, 0.1) is 0 Å². The number of Topliss-reactive ketones (excluding diaryl/α,β-unsaturated/α-hetero) is 1. The first kappa shape index (κ1) is 24.1. The molecule has 2 aliphatic rings. The van der Waals surface area contributed by atoms with E-state index < -0.39 is 5.92 Å². The third-order valence-electron chi connectivity index (χ3n) is 7.02. The van der Waals surface area contributed by atoms with Crippen molar-refractivity contribution in [2.45, 2.75) is 39.5 Å². The average Bonchev–Trinajstić information content (AvgIpc) is 2.84. The summed E-state index contributed by atoms with van der Waals surface area (Å²) in [6, 6.07) is 24.6. The number of carbonyl (C=O) groups is 1. The Hall–Kier alpha value is -3.63. The summed E-state index contributed by atoms with van der Waals surface area (Å²) < 4.78 is 0. The molecule has 1 unspecified atom stereocenters. The number of nitrogens with zero attached hydrogens (tertiary/aromatic N) is 1. The molecular weight excluding hydrogens is 468 g/mol. The minimum atomic E-state index is -0.541. The standard InChI is InChI=1S/C31H29ClN2O2/c1-19-9-11-20(12-10-19)26-27-24(17-31(2,3)18-25(27)35)34(23-15-13-22(32)14-16-23)30(33)28(26)29(36)21-7-5-4-6-8-21/h4-16,26,33,36H,17-18H2,1-3H3/b29-28+,33-30?. The molecule has 0 bridgehead atoms. The number of rotatable bonds is 3. The molecular formula is C31H29ClN2O2. The van der Waals surface area contributed by atoms with Gasteiger partial charge in [0.1, 0.15) is 11.6 Å². The van der Waals surface area contributed by atoms with Crippen molar-refractivity contribution >= 4 is 34.7 Å². The van der Waals surface area contributed by atoms with Gasteiger partial charge in [0, 0.05) is 45.5 Å². The zero-order valence-electron chi connectivity index (χ0n) is 20.7. The monoisotopic (exact) mass is 496 g/mol. The Balaban J connectivity index is 1.84. The van der Waals surface area contributed by atoms with Crippen LogP contribution in [0.15, 0.2) is 95.7 Å². The number of aliphatic hydroxyl groups excluding tert-OH is 1. The van der Waals surface area contributed by atoms with Crippen LogP contribution in [0.25, 0.3) is 5.76 Å². The maximum absolute atomic E-state index is 13.9. The number of anilines is 1. The third-order valence-corrected chi connectivity index (χ3v) is 7.27. The van der Waals surface area contributed by atoms with Gasteiger partial charge in [-0.1, -0.05) is 85.6 Å². The number of allylic oxidation sites excluding steroid dienone is 2. The second kappa shape index (κ2) is 9.11. The van der Waals surface area contributed by atoms with Crippen LogP contribution in [0.3, 0.4) is 0 Å². The molecule has 0 saturated carbocycles. The topological polar surface area (TPSA) is 64.4 Å². The van der Waals surface area contributed by atoms with E-state index in [4.69, 9.17) is 11.6 Å². The number of carbonyl (C=O) groups excluding carboxylic acids is 1. The number of halogens is 1. The SMILES string of the molecule is Cc1ccc(C2C3=C(CC(C)(C)CC3=O)N(c3ccc(Cl)cc3)C(=N)/C2=C(/O)c2ccccc2)cc1. The van der Waals surface area contributed by atoms with Crippen LogP contribution in [0, 0.1) is 17.7 Å². The molecule has 5 heteroatoms. The van der Waals surface area contributed by atoms with Crippen LogP contribution in [-0.4, -0.2) is 16.7 Å². The fraction of sp³-hybridized carbons (Fsp3) is 0.226. The predicted molar refractivity (Wildman–Crippen MR) is 147 cm³/mol. The van der Waals surface area contributed by atoms with E-state index in [9.17, 15) is 15.3 Å². The Labute approximate surface area is 217 Å². The highest BCUT2D eigenvalue weighted by Gasteiger charge is 2.46. The Morgan fingerprint density at radius 2 is 1.61 bits per heavy atom. The van der Waals surface area contributed by atoms with E-state index in [1.54, 1.807) is 12.1 Å². The number of hydrogen-bond acceptors (Lipinski definition) is 3. The van der Waals surface area contributed by atoms with Gasteiger partial charge in [0.15, 0.2) is 5.78 Å². The molecule has 0 radical (unpaired) electrons. The summed E-state index contributed by atoms with van der Waals surface area (Å²) in [5.74, 6) is -0.320. The summed E-state index contributed by atoms with van der Waals surface area (Å²) in [5.41, 5.74) is 4.99. The van der Waals surface area contributed by atoms with E-state index in [2.05, 4.69) is 13.8 Å². The normalized spacial score (nSPS) is 20.9. The molecule has 5 rings (SSSR count). The lowest BCUT2D eigenvalue weighted by atomic mass is 9.67. The van der Waals surface area contributed by atoms with E-state index in [0.29, 0.717) is 34.6 Å². The van der Waals surface area contributed by atoms with Crippen LogP contribution in [0.1, 0.15) is 49.3 Å². The van der Waals surface area contributed by atoms with Gasteiger partial charge in [-0.3, -0.25) is 15.1 Å². The number of amidine groups is 1. The molecule has 1 atom stereocenters. The van der Waals surface area contributed by atoms with Crippen LogP contribution in [0.4, 0.5) is 5.69 Å². The molecule has 0 spiro atoms. The maximum Gasteiger partial charge on any atom is 0.162 e. The van der Waals surface area contributed by atoms with Gasteiger partial charge >= 0.3 is 0 Å². The van der Waals surface area contributed by atoms with Gasteiger partial charge in [0.25, 0.3) is 0 Å². The summed E-state index contributed by atoms with van der Waals surface area (Å²) in [7, 11) is 0. The highest BCUT2D eigenvalue weighted by Crippen LogP contribution is 2.51. The number of aryl methyl sites for hydroxylation is 1. The number of nitrogens with one attached hydrogen (secondary N) is 1. The van der Waals surface area contributed by atoms with Crippen LogP contribution < -0.4 is 4.90 Å². The summed E-state index contributed by atoms with van der Waals surface area (Å²) >= 11 is 6.18. The van der Waals surface area contributed by atoms with Crippen molar-refractivity contribution < 1.29 is 9.90 Å². The highest BCUT2D eigenvalue weighted by atomic mass is 35.5. The van der Waals surface area contributed by atoms with Crippen molar-refractivity contribution in [3.63, 3.8) is 0 Å². The van der Waals surface area contributed by atoms with Crippen molar-refractivity contribution in [1.82, 2.24) is 0 Å². The van der Waals surface area contributed by atoms with E-state index in [1.165, 1.54) is 0 Å². The van der Waals surface area contributed by atoms with E-state index in [-0.39, 0.29) is 22.8 Å². The van der Waals surface area contributed by atoms with Gasteiger partial charge in [-0.25, -0.2) is 0 Å². The van der Waals surface area contributed by atoms with Gasteiger partial charge in [-0.15, -0.1) is 0 Å². The molecule has 0 amide bonds. The molecule has 1 aliphatic carbocycles. The Kier molecular flexibility index (Phi) is 6.09. The Bertz CT molecular complexity index is 1400. The predicted octanol–water partition coefficient (Wildman–Crippen LogP) is 7.84. The Morgan fingerprint density at radius 3 is 2.25 bits per heavy atom. The second-order valence-electron chi connectivity index (χ2n) is 10.4. The number of benzene rings is 3. The molecule has 4 nitrogen and oxygen atoms in total. The van der Waals surface area contributed by atoms with Gasteiger partial charge in [-0.2, -0.15) is 0 Å². The average molecular weight is 497 g/mol. The lowest BCUT2D eigenvalue weighted by molar-refractivity contribution is -0.118. The third kappa shape index (κ3) is 4.27. The number of ketones is 1. The first-order valence-electron chi connectivity index (χ1n) is 12.1. The van der Waals surface area contributed by atoms with Crippen LogP contribution in [-0.2, 0) is 4.79 Å². The molecule has 3 aromatic carbocycles. The van der Waals surface area contributed by atoms with Crippen molar-refractivity contribution in [2.75, 3.05) is 4.90 Å². The lowest BCUT2D eigenvalue weighted by Crippen LogP contribution is -2.45. The van der Waals surface area contributed by atoms with Crippen molar-refractivity contribution in [3.8, 4) is 0 Å². The zero-order valence-corrected chi connectivity index (χ0v) is 21.4. The van der Waals surface area contributed by atoms with Crippen LogP contribution in [0.5, 0.6) is 0 Å². The second-order valence-corrected chi connectivity index (χ2v) is 10.9. The van der Waals surface area contributed by atoms with Crippen LogP contribution >= 0.6 is 11.6 Å². The largest absolute Gasteiger partial charge is 0.507 e. The molecule has 3 aromatic rings.